The van der Waals surface area contributed by atoms with Crippen molar-refractivity contribution in [1.29, 1.82) is 0 Å². The molecule has 0 aliphatic carbocycles. The fraction of sp³-hybridized carbons (Fsp3) is 0.240. The summed E-state index contributed by atoms with van der Waals surface area (Å²) < 4.78 is 13.5. The van der Waals surface area contributed by atoms with Crippen LogP contribution in [0.4, 0.5) is 17.3 Å². The maximum absolute atomic E-state index is 11.7. The fourth-order valence-corrected chi connectivity index (χ4v) is 4.82. The molecule has 9 nitrogen and oxygen atoms in total. The summed E-state index contributed by atoms with van der Waals surface area (Å²) in [6.07, 6.45) is 3.54. The topological polar surface area (TPSA) is 109 Å². The molecular weight excluding hydrogens is 462 g/mol. The molecule has 0 bridgehead atoms. The van der Waals surface area contributed by atoms with Crippen LogP contribution in [0.25, 0.3) is 16.8 Å². The van der Waals surface area contributed by atoms with Gasteiger partial charge >= 0.3 is 0 Å². The van der Waals surface area contributed by atoms with Crippen molar-refractivity contribution in [2.45, 2.75) is 4.90 Å². The highest BCUT2D eigenvalue weighted by Crippen LogP contribution is 2.27. The van der Waals surface area contributed by atoms with Gasteiger partial charge in [0.2, 0.25) is 11.9 Å². The Hall–Kier alpha value is -3.76. The SMILES string of the molecule is CS(=O)c1ccc(-c2cccn3nc(Nc4cccc(N5CCN(CC(N)=O)CC5)c4)nc23)cc1. The zero-order valence-electron chi connectivity index (χ0n) is 19.4. The Morgan fingerprint density at radius 3 is 2.54 bits per heavy atom. The number of hydrogen-bond donors (Lipinski definition) is 2. The van der Waals surface area contributed by atoms with E-state index in [2.05, 4.69) is 32.3 Å². The minimum absolute atomic E-state index is 0.290. The van der Waals surface area contributed by atoms with Gasteiger partial charge in [-0.25, -0.2) is 4.52 Å². The minimum Gasteiger partial charge on any atom is -0.369 e. The molecule has 0 spiro atoms. The fourth-order valence-electron chi connectivity index (χ4n) is 4.30. The van der Waals surface area contributed by atoms with Gasteiger partial charge in [-0.1, -0.05) is 18.2 Å². The van der Waals surface area contributed by atoms with Gasteiger partial charge in [0.05, 0.1) is 6.54 Å². The number of nitrogens with zero attached hydrogens (tertiary/aromatic N) is 5. The second-order valence-corrected chi connectivity index (χ2v) is 9.89. The summed E-state index contributed by atoms with van der Waals surface area (Å²) in [4.78, 5) is 21.1. The van der Waals surface area contributed by atoms with Gasteiger partial charge < -0.3 is 16.0 Å². The largest absolute Gasteiger partial charge is 0.369 e. The third-order valence-corrected chi connectivity index (χ3v) is 7.01. The highest BCUT2D eigenvalue weighted by Gasteiger charge is 2.19. The Bertz CT molecular complexity index is 1380. The van der Waals surface area contributed by atoms with E-state index in [-0.39, 0.29) is 5.91 Å². The summed E-state index contributed by atoms with van der Waals surface area (Å²) in [5, 5.41) is 7.93. The number of amides is 1. The Labute approximate surface area is 206 Å². The lowest BCUT2D eigenvalue weighted by Crippen LogP contribution is -2.48. The number of fused-ring (bicyclic) bond motifs is 1. The molecule has 1 saturated heterocycles. The molecule has 1 unspecified atom stereocenters. The molecule has 10 heteroatoms. The number of pyridine rings is 1. The highest BCUT2D eigenvalue weighted by molar-refractivity contribution is 7.84. The molecule has 1 aliphatic heterocycles. The quantitative estimate of drug-likeness (QED) is 0.411. The standard InChI is InChI=1S/C25H27N7O2S/c1-35(34)21-9-7-18(8-10-21)22-6-3-11-32-24(22)28-25(29-32)27-19-4-2-5-20(16-19)31-14-12-30(13-15-31)17-23(26)33/h2-11,16H,12-15,17H2,1H3,(H2,26,33)(H,27,29). The first-order valence-corrected chi connectivity index (χ1v) is 12.9. The Balaban J connectivity index is 1.34. The van der Waals surface area contributed by atoms with Gasteiger partial charge in [-0.3, -0.25) is 13.9 Å². The third kappa shape index (κ3) is 5.18. The van der Waals surface area contributed by atoms with Crippen molar-refractivity contribution in [2.24, 2.45) is 5.73 Å². The van der Waals surface area contributed by atoms with E-state index in [0.717, 1.165) is 59.2 Å². The maximum atomic E-state index is 11.7. The van der Waals surface area contributed by atoms with Gasteiger partial charge in [0.15, 0.2) is 5.65 Å². The number of rotatable bonds is 7. The first kappa shape index (κ1) is 23.0. The number of nitrogens with one attached hydrogen (secondary N) is 1. The maximum Gasteiger partial charge on any atom is 0.247 e. The van der Waals surface area contributed by atoms with Crippen LogP contribution in [0, 0.1) is 0 Å². The second kappa shape index (κ2) is 9.85. The third-order valence-electron chi connectivity index (χ3n) is 6.08. The molecule has 1 amide bonds. The lowest BCUT2D eigenvalue weighted by Gasteiger charge is -2.35. The Kier molecular flexibility index (Phi) is 6.47. The van der Waals surface area contributed by atoms with Gasteiger partial charge in [-0.2, -0.15) is 4.98 Å². The van der Waals surface area contributed by atoms with Crippen molar-refractivity contribution in [3.8, 4) is 11.1 Å². The van der Waals surface area contributed by atoms with Crippen LogP contribution in [0.1, 0.15) is 0 Å². The number of anilines is 3. The molecule has 4 aromatic rings. The molecule has 5 rings (SSSR count). The zero-order chi connectivity index (χ0) is 24.4. The molecular formula is C25H27N7O2S. The van der Waals surface area contributed by atoms with E-state index in [9.17, 15) is 9.00 Å². The Morgan fingerprint density at radius 2 is 1.83 bits per heavy atom. The van der Waals surface area contributed by atoms with E-state index < -0.39 is 10.8 Å². The predicted octanol–water partition coefficient (Wildman–Crippen LogP) is 2.48. The molecule has 0 saturated carbocycles. The summed E-state index contributed by atoms with van der Waals surface area (Å²) in [6.45, 7) is 3.56. The van der Waals surface area contributed by atoms with Crippen LogP contribution in [-0.4, -0.2) is 68.6 Å². The molecule has 3 N–H and O–H groups in total. The van der Waals surface area contributed by atoms with Crippen molar-refractivity contribution < 1.29 is 9.00 Å². The smallest absolute Gasteiger partial charge is 0.247 e. The van der Waals surface area contributed by atoms with Crippen molar-refractivity contribution in [3.05, 3.63) is 66.9 Å². The zero-order valence-corrected chi connectivity index (χ0v) is 20.2. The van der Waals surface area contributed by atoms with E-state index in [1.807, 2.05) is 54.7 Å². The second-order valence-electron chi connectivity index (χ2n) is 8.51. The molecule has 1 fully saturated rings. The molecule has 1 aliphatic rings. The number of aromatic nitrogens is 3. The predicted molar refractivity (Wildman–Crippen MR) is 138 cm³/mol. The molecule has 2 aromatic heterocycles. The summed E-state index contributed by atoms with van der Waals surface area (Å²) in [6, 6.07) is 19.8. The molecule has 2 aromatic carbocycles. The molecule has 1 atom stereocenters. The van der Waals surface area contributed by atoms with E-state index in [0.29, 0.717) is 12.5 Å². The van der Waals surface area contributed by atoms with E-state index in [1.54, 1.807) is 10.8 Å². The number of primary amides is 1. The van der Waals surface area contributed by atoms with Crippen molar-refractivity contribution >= 4 is 39.7 Å². The Morgan fingerprint density at radius 1 is 1.06 bits per heavy atom. The molecule has 3 heterocycles. The van der Waals surface area contributed by atoms with E-state index in [4.69, 9.17) is 10.7 Å². The van der Waals surface area contributed by atoms with Crippen LogP contribution in [0.5, 0.6) is 0 Å². The summed E-state index contributed by atoms with van der Waals surface area (Å²) in [7, 11) is -1.02. The normalized spacial score (nSPS) is 15.3. The lowest BCUT2D eigenvalue weighted by atomic mass is 10.1. The van der Waals surface area contributed by atoms with E-state index in [1.165, 1.54) is 0 Å². The van der Waals surface area contributed by atoms with Crippen LogP contribution >= 0.6 is 0 Å². The number of nitrogens with two attached hydrogens (primary N) is 1. The average Bonchev–Trinajstić information content (AvgIpc) is 3.27. The number of benzene rings is 2. The monoisotopic (exact) mass is 489 g/mol. The number of carbonyl (C=O) groups excluding carboxylic acids is 1. The number of hydrogen-bond acceptors (Lipinski definition) is 7. The minimum atomic E-state index is -1.02. The lowest BCUT2D eigenvalue weighted by molar-refractivity contribution is -0.119. The summed E-state index contributed by atoms with van der Waals surface area (Å²) in [5.74, 6) is 0.217. The molecule has 35 heavy (non-hydrogen) atoms. The first-order chi connectivity index (χ1) is 17.0. The van der Waals surface area contributed by atoms with Gasteiger partial charge in [-0.15, -0.1) is 5.10 Å². The van der Waals surface area contributed by atoms with Crippen molar-refractivity contribution in [3.63, 3.8) is 0 Å². The number of carbonyl (C=O) groups is 1. The van der Waals surface area contributed by atoms with E-state index >= 15 is 0 Å². The van der Waals surface area contributed by atoms with Crippen LogP contribution in [0.2, 0.25) is 0 Å². The summed E-state index contributed by atoms with van der Waals surface area (Å²) >= 11 is 0. The highest BCUT2D eigenvalue weighted by atomic mass is 32.2. The average molecular weight is 490 g/mol. The van der Waals surface area contributed by atoms with Crippen molar-refractivity contribution in [1.82, 2.24) is 19.5 Å². The van der Waals surface area contributed by atoms with Crippen molar-refractivity contribution in [2.75, 3.05) is 49.2 Å². The van der Waals surface area contributed by atoms with Crippen LogP contribution in [-0.2, 0) is 15.6 Å². The van der Waals surface area contributed by atoms with Gasteiger partial charge in [-0.05, 0) is 48.0 Å². The van der Waals surface area contributed by atoms with Crippen LogP contribution < -0.4 is 16.0 Å². The van der Waals surface area contributed by atoms with Gasteiger partial charge in [0.25, 0.3) is 0 Å². The van der Waals surface area contributed by atoms with Crippen LogP contribution in [0.3, 0.4) is 0 Å². The summed E-state index contributed by atoms with van der Waals surface area (Å²) in [5.41, 5.74) is 10.00. The molecule has 0 radical (unpaired) electrons. The molecule has 180 valence electrons. The first-order valence-electron chi connectivity index (χ1n) is 11.4. The van der Waals surface area contributed by atoms with Gasteiger partial charge in [0, 0.05) is 71.3 Å². The van der Waals surface area contributed by atoms with Gasteiger partial charge in [0.1, 0.15) is 0 Å². The number of piperazine rings is 1. The van der Waals surface area contributed by atoms with Crippen LogP contribution in [0.15, 0.2) is 71.8 Å².